The van der Waals surface area contributed by atoms with Crippen LogP contribution in [0.2, 0.25) is 0 Å². The second kappa shape index (κ2) is 8.44. The van der Waals surface area contributed by atoms with Crippen LogP contribution in [0.4, 0.5) is 11.4 Å². The second-order valence-electron chi connectivity index (χ2n) is 5.24. The number of hydrogen-bond acceptors (Lipinski definition) is 4. The van der Waals surface area contributed by atoms with Crippen molar-refractivity contribution in [3.63, 3.8) is 0 Å². The van der Waals surface area contributed by atoms with Gasteiger partial charge in [0.2, 0.25) is 5.91 Å². The SMILES string of the molecule is Cc1ccc(OCCCC(=O)Nc2ccc([N+](=O)[O-])cc2)c(Br)c1. The van der Waals surface area contributed by atoms with E-state index < -0.39 is 4.92 Å². The van der Waals surface area contributed by atoms with Crippen LogP contribution in [-0.4, -0.2) is 17.4 Å². The van der Waals surface area contributed by atoms with Crippen LogP contribution in [0.5, 0.6) is 5.75 Å². The lowest BCUT2D eigenvalue weighted by molar-refractivity contribution is -0.384. The van der Waals surface area contributed by atoms with Gasteiger partial charge in [-0.15, -0.1) is 0 Å². The smallest absolute Gasteiger partial charge is 0.269 e. The van der Waals surface area contributed by atoms with Gasteiger partial charge in [-0.05, 0) is 59.1 Å². The molecular formula is C17H17BrN2O4. The number of ether oxygens (including phenoxy) is 1. The first-order valence-corrected chi connectivity index (χ1v) is 8.18. The largest absolute Gasteiger partial charge is 0.492 e. The number of nitrogens with zero attached hydrogens (tertiary/aromatic N) is 1. The summed E-state index contributed by atoms with van der Waals surface area (Å²) in [4.78, 5) is 21.9. The number of benzene rings is 2. The van der Waals surface area contributed by atoms with E-state index in [1.54, 1.807) is 0 Å². The highest BCUT2D eigenvalue weighted by molar-refractivity contribution is 9.10. The number of carbonyl (C=O) groups excluding carboxylic acids is 1. The van der Waals surface area contributed by atoms with Gasteiger partial charge in [-0.1, -0.05) is 6.07 Å². The lowest BCUT2D eigenvalue weighted by atomic mass is 10.2. The van der Waals surface area contributed by atoms with Crippen molar-refractivity contribution in [2.75, 3.05) is 11.9 Å². The van der Waals surface area contributed by atoms with Gasteiger partial charge in [0.15, 0.2) is 0 Å². The summed E-state index contributed by atoms with van der Waals surface area (Å²) in [5, 5.41) is 13.3. The molecule has 6 nitrogen and oxygen atoms in total. The zero-order chi connectivity index (χ0) is 17.5. The Balaban J connectivity index is 1.74. The molecule has 0 fully saturated rings. The minimum absolute atomic E-state index is 0.00919. The number of nitro groups is 1. The Labute approximate surface area is 148 Å². The van der Waals surface area contributed by atoms with Crippen LogP contribution >= 0.6 is 15.9 Å². The van der Waals surface area contributed by atoms with Crippen molar-refractivity contribution < 1.29 is 14.5 Å². The first kappa shape index (κ1) is 17.9. The maximum absolute atomic E-state index is 11.8. The first-order valence-electron chi connectivity index (χ1n) is 7.39. The number of aryl methyl sites for hydroxylation is 1. The Morgan fingerprint density at radius 2 is 1.96 bits per heavy atom. The van der Waals surface area contributed by atoms with Crippen molar-refractivity contribution in [2.24, 2.45) is 0 Å². The maximum atomic E-state index is 11.8. The lowest BCUT2D eigenvalue weighted by Crippen LogP contribution is -2.12. The first-order chi connectivity index (χ1) is 11.5. The van der Waals surface area contributed by atoms with E-state index in [4.69, 9.17) is 4.74 Å². The molecule has 2 aromatic rings. The van der Waals surface area contributed by atoms with Gasteiger partial charge in [0.1, 0.15) is 5.75 Å². The van der Waals surface area contributed by atoms with Gasteiger partial charge >= 0.3 is 0 Å². The Morgan fingerprint density at radius 1 is 1.25 bits per heavy atom. The molecule has 0 saturated carbocycles. The van der Waals surface area contributed by atoms with Gasteiger partial charge in [0, 0.05) is 24.2 Å². The maximum Gasteiger partial charge on any atom is 0.269 e. The number of nitrogens with one attached hydrogen (secondary N) is 1. The summed E-state index contributed by atoms with van der Waals surface area (Å²) in [6.45, 7) is 2.42. The van der Waals surface area contributed by atoms with Crippen LogP contribution in [0.3, 0.4) is 0 Å². The molecule has 0 aromatic heterocycles. The van der Waals surface area contributed by atoms with Crippen molar-refractivity contribution in [3.8, 4) is 5.75 Å². The summed E-state index contributed by atoms with van der Waals surface area (Å²) in [7, 11) is 0. The minimum atomic E-state index is -0.480. The van der Waals surface area contributed by atoms with Crippen LogP contribution in [0, 0.1) is 17.0 Å². The third-order valence-corrected chi connectivity index (χ3v) is 3.87. The number of nitro benzene ring substituents is 1. The second-order valence-corrected chi connectivity index (χ2v) is 6.09. The monoisotopic (exact) mass is 392 g/mol. The fourth-order valence-electron chi connectivity index (χ4n) is 2.03. The zero-order valence-corrected chi connectivity index (χ0v) is 14.7. The fraction of sp³-hybridized carbons (Fsp3) is 0.235. The van der Waals surface area contributed by atoms with E-state index in [1.807, 2.05) is 25.1 Å². The molecule has 1 amide bonds. The standard InChI is InChI=1S/C17H17BrN2O4/c1-12-4-9-16(15(18)11-12)24-10-2-3-17(21)19-13-5-7-14(8-6-13)20(22)23/h4-9,11H,2-3,10H2,1H3,(H,19,21). The molecule has 126 valence electrons. The highest BCUT2D eigenvalue weighted by atomic mass is 79.9. The average molecular weight is 393 g/mol. The van der Waals surface area contributed by atoms with E-state index in [-0.39, 0.29) is 11.6 Å². The van der Waals surface area contributed by atoms with E-state index in [9.17, 15) is 14.9 Å². The van der Waals surface area contributed by atoms with E-state index in [0.717, 1.165) is 15.8 Å². The molecule has 0 aliphatic heterocycles. The molecule has 0 aliphatic rings. The summed E-state index contributed by atoms with van der Waals surface area (Å²) in [6.07, 6.45) is 0.875. The molecule has 0 heterocycles. The van der Waals surface area contributed by atoms with Crippen LogP contribution in [0.1, 0.15) is 18.4 Å². The van der Waals surface area contributed by atoms with Crippen molar-refractivity contribution in [2.45, 2.75) is 19.8 Å². The topological polar surface area (TPSA) is 81.5 Å². The lowest BCUT2D eigenvalue weighted by Gasteiger charge is -2.09. The number of anilines is 1. The molecule has 0 atom stereocenters. The quantitative estimate of drug-likeness (QED) is 0.428. The molecule has 7 heteroatoms. The molecule has 0 bridgehead atoms. The Hall–Kier alpha value is -2.41. The van der Waals surface area contributed by atoms with Crippen molar-refractivity contribution in [1.29, 1.82) is 0 Å². The van der Waals surface area contributed by atoms with Gasteiger partial charge in [-0.25, -0.2) is 0 Å². The molecular weight excluding hydrogens is 376 g/mol. The average Bonchev–Trinajstić information content (AvgIpc) is 2.53. The normalized spacial score (nSPS) is 10.2. The third-order valence-electron chi connectivity index (χ3n) is 3.26. The summed E-state index contributed by atoms with van der Waals surface area (Å²) >= 11 is 3.44. The highest BCUT2D eigenvalue weighted by Crippen LogP contribution is 2.25. The molecule has 24 heavy (non-hydrogen) atoms. The van der Waals surface area contributed by atoms with Crippen LogP contribution in [-0.2, 0) is 4.79 Å². The predicted octanol–water partition coefficient (Wildman–Crippen LogP) is 4.46. The van der Waals surface area contributed by atoms with Gasteiger partial charge in [-0.3, -0.25) is 14.9 Å². The Morgan fingerprint density at radius 3 is 2.58 bits per heavy atom. The summed E-state index contributed by atoms with van der Waals surface area (Å²) in [5.74, 6) is 0.590. The van der Waals surface area contributed by atoms with Crippen molar-refractivity contribution in [3.05, 3.63) is 62.6 Å². The highest BCUT2D eigenvalue weighted by Gasteiger charge is 2.07. The molecule has 0 radical (unpaired) electrons. The number of amides is 1. The molecule has 2 aromatic carbocycles. The summed E-state index contributed by atoms with van der Waals surface area (Å²) in [6, 6.07) is 11.5. The molecule has 1 N–H and O–H groups in total. The summed E-state index contributed by atoms with van der Waals surface area (Å²) in [5.41, 5.74) is 1.66. The number of rotatable bonds is 7. The van der Waals surface area contributed by atoms with E-state index in [0.29, 0.717) is 25.1 Å². The van der Waals surface area contributed by atoms with Crippen molar-refractivity contribution in [1.82, 2.24) is 0 Å². The molecule has 0 unspecified atom stereocenters. The van der Waals surface area contributed by atoms with Gasteiger partial charge in [0.25, 0.3) is 5.69 Å². The zero-order valence-electron chi connectivity index (χ0n) is 13.1. The third kappa shape index (κ3) is 5.34. The fourth-order valence-corrected chi connectivity index (χ4v) is 2.64. The molecule has 2 rings (SSSR count). The van der Waals surface area contributed by atoms with E-state index in [1.165, 1.54) is 24.3 Å². The molecule has 0 saturated heterocycles. The van der Waals surface area contributed by atoms with E-state index >= 15 is 0 Å². The van der Waals surface area contributed by atoms with Crippen molar-refractivity contribution >= 4 is 33.2 Å². The molecule has 0 aliphatic carbocycles. The van der Waals surface area contributed by atoms with E-state index in [2.05, 4.69) is 21.2 Å². The summed E-state index contributed by atoms with van der Waals surface area (Å²) < 4.78 is 6.52. The number of hydrogen-bond donors (Lipinski definition) is 1. The molecule has 0 spiro atoms. The Kier molecular flexibility index (Phi) is 6.31. The van der Waals surface area contributed by atoms with Crippen LogP contribution in [0.25, 0.3) is 0 Å². The Bertz CT molecular complexity index is 732. The van der Waals surface area contributed by atoms with Gasteiger partial charge in [0.05, 0.1) is 16.0 Å². The van der Waals surface area contributed by atoms with Crippen LogP contribution < -0.4 is 10.1 Å². The number of carbonyl (C=O) groups is 1. The number of non-ortho nitro benzene ring substituents is 1. The predicted molar refractivity (Wildman–Crippen MR) is 95.3 cm³/mol. The number of halogens is 1. The van der Waals surface area contributed by atoms with Gasteiger partial charge < -0.3 is 10.1 Å². The van der Waals surface area contributed by atoms with Gasteiger partial charge in [-0.2, -0.15) is 0 Å². The minimum Gasteiger partial charge on any atom is -0.492 e. The van der Waals surface area contributed by atoms with Crippen LogP contribution in [0.15, 0.2) is 46.9 Å².